The van der Waals surface area contributed by atoms with Crippen LogP contribution in [0, 0.1) is 24.7 Å². The number of hydrogen-bond acceptors (Lipinski definition) is 6. The molecule has 2 aromatic heterocycles. The summed E-state index contributed by atoms with van der Waals surface area (Å²) < 4.78 is 0. The first kappa shape index (κ1) is 26.1. The first-order valence-corrected chi connectivity index (χ1v) is 14.2. The maximum absolute atomic E-state index is 4.42. The molecule has 1 aromatic carbocycles. The van der Waals surface area contributed by atoms with Crippen LogP contribution in [0.2, 0.25) is 0 Å². The van der Waals surface area contributed by atoms with E-state index in [1.807, 2.05) is 61.5 Å². The largest absolute Gasteiger partial charge is 0.362 e. The molecule has 1 N–H and O–H groups in total. The fourth-order valence-corrected chi connectivity index (χ4v) is 6.13. The minimum absolute atomic E-state index is 0.812. The van der Waals surface area contributed by atoms with Crippen LogP contribution in [0.5, 0.6) is 0 Å². The van der Waals surface area contributed by atoms with E-state index in [2.05, 4.69) is 44.6 Å². The Labute approximate surface area is 216 Å². The van der Waals surface area contributed by atoms with Crippen molar-refractivity contribution >= 4 is 28.1 Å². The number of nitrogens with one attached hydrogen (secondary N) is 1. The third kappa shape index (κ3) is 7.73. The van der Waals surface area contributed by atoms with Crippen LogP contribution in [-0.4, -0.2) is 55.1 Å². The second-order valence-corrected chi connectivity index (χ2v) is 11.8. The number of aromatic nitrogens is 2. The van der Waals surface area contributed by atoms with Crippen LogP contribution in [0.1, 0.15) is 49.7 Å². The van der Waals surface area contributed by atoms with Gasteiger partial charge in [0, 0.05) is 37.4 Å². The lowest BCUT2D eigenvalue weighted by Gasteiger charge is -2.26. The number of para-hydroxylation sites is 1. The fourth-order valence-electron chi connectivity index (χ4n) is 5.38. The van der Waals surface area contributed by atoms with Gasteiger partial charge in [-0.15, -0.1) is 11.3 Å². The van der Waals surface area contributed by atoms with Crippen LogP contribution >= 0.6 is 11.3 Å². The summed E-state index contributed by atoms with van der Waals surface area (Å²) in [6.45, 7) is 10.5. The lowest BCUT2D eigenvalue weighted by molar-refractivity contribution is 0.274. The zero-order valence-electron chi connectivity index (χ0n) is 22.0. The summed E-state index contributed by atoms with van der Waals surface area (Å²) in [5.41, 5.74) is 1.00. The second kappa shape index (κ2) is 12.8. The summed E-state index contributed by atoms with van der Waals surface area (Å²) >= 11 is 1.89. The van der Waals surface area contributed by atoms with Gasteiger partial charge < -0.3 is 10.2 Å². The average molecular weight is 494 g/mol. The summed E-state index contributed by atoms with van der Waals surface area (Å²) in [5, 5.41) is 7.06. The van der Waals surface area contributed by atoms with Crippen LogP contribution in [0.25, 0.3) is 10.9 Å². The van der Waals surface area contributed by atoms with Crippen LogP contribution in [0.4, 0.5) is 5.82 Å². The van der Waals surface area contributed by atoms with E-state index in [-0.39, 0.29) is 0 Å². The Morgan fingerprint density at radius 2 is 1.74 bits per heavy atom. The van der Waals surface area contributed by atoms with Gasteiger partial charge in [0.2, 0.25) is 0 Å². The lowest BCUT2D eigenvalue weighted by atomic mass is 9.83. The van der Waals surface area contributed by atoms with Crippen molar-refractivity contribution in [2.24, 2.45) is 17.8 Å². The zero-order valence-corrected chi connectivity index (χ0v) is 22.9. The Morgan fingerprint density at radius 3 is 2.49 bits per heavy atom. The zero-order chi connectivity index (χ0) is 24.6. The first-order valence-electron chi connectivity index (χ1n) is 13.3. The molecular formula is C29H43N5S. The van der Waals surface area contributed by atoms with Crippen molar-refractivity contribution in [3.05, 3.63) is 52.5 Å². The fraction of sp³-hybridized carbons (Fsp3) is 0.586. The smallest absolute Gasteiger partial charge is 0.139 e. The normalized spacial score (nSPS) is 22.7. The molecule has 2 aliphatic rings. The molecule has 1 saturated carbocycles. The quantitative estimate of drug-likeness (QED) is 0.438. The Balaban J connectivity index is 0.000000179. The molecule has 0 bridgehead atoms. The molecule has 5 rings (SSSR count). The molecule has 5 nitrogen and oxygen atoms in total. The Hall–Kier alpha value is -2.02. The van der Waals surface area contributed by atoms with Crippen molar-refractivity contribution in [2.75, 3.05) is 45.2 Å². The predicted molar refractivity (Wildman–Crippen MR) is 150 cm³/mol. The van der Waals surface area contributed by atoms with Crippen LogP contribution in [0.3, 0.4) is 0 Å². The van der Waals surface area contributed by atoms with E-state index in [0.717, 1.165) is 46.8 Å². The predicted octanol–water partition coefficient (Wildman–Crippen LogP) is 5.99. The standard InChI is InChI=1S/C18H30N2S.C11H13N3/c1-15-4-6-16(7-5-15)11-19-12-17-8-9-20(13-17)14-18-3-2-10-21-18;1-8-12-10-7-5-4-6-9(10)11(13-8)14(2)3/h2-3,10,15-17,19H,4-9,11-14H2,1H3;4-7H,1-3H3. The van der Waals surface area contributed by atoms with E-state index < -0.39 is 0 Å². The van der Waals surface area contributed by atoms with E-state index in [9.17, 15) is 0 Å². The average Bonchev–Trinajstić information content (AvgIpc) is 3.53. The van der Waals surface area contributed by atoms with Gasteiger partial charge in [-0.05, 0) is 87.2 Å². The molecule has 1 aliphatic carbocycles. The number of thiophene rings is 1. The number of fused-ring (bicyclic) bond motifs is 1. The molecule has 1 saturated heterocycles. The first-order chi connectivity index (χ1) is 17.0. The number of anilines is 1. The number of hydrogen-bond donors (Lipinski definition) is 1. The van der Waals surface area contributed by atoms with Gasteiger partial charge in [0.05, 0.1) is 5.52 Å². The Bertz CT molecular complexity index is 1030. The molecule has 2 fully saturated rings. The maximum atomic E-state index is 4.42. The van der Waals surface area contributed by atoms with E-state index in [1.165, 1.54) is 63.2 Å². The van der Waals surface area contributed by atoms with Crippen molar-refractivity contribution in [3.63, 3.8) is 0 Å². The number of rotatable bonds is 7. The molecule has 1 atom stereocenters. The summed E-state index contributed by atoms with van der Waals surface area (Å²) in [5.74, 6) is 4.58. The molecule has 6 heteroatoms. The Kier molecular flexibility index (Phi) is 9.52. The molecular weight excluding hydrogens is 450 g/mol. The second-order valence-electron chi connectivity index (χ2n) is 10.8. The molecule has 3 heterocycles. The summed E-state index contributed by atoms with van der Waals surface area (Å²) in [6, 6.07) is 12.5. The van der Waals surface area contributed by atoms with Crippen LogP contribution in [-0.2, 0) is 6.54 Å². The molecule has 3 aromatic rings. The number of aryl methyl sites for hydroxylation is 1. The monoisotopic (exact) mass is 493 g/mol. The summed E-state index contributed by atoms with van der Waals surface area (Å²) in [6.07, 6.45) is 7.17. The molecule has 35 heavy (non-hydrogen) atoms. The highest BCUT2D eigenvalue weighted by Crippen LogP contribution is 2.28. The lowest BCUT2D eigenvalue weighted by Crippen LogP contribution is -2.31. The van der Waals surface area contributed by atoms with Crippen molar-refractivity contribution in [3.8, 4) is 0 Å². The van der Waals surface area contributed by atoms with Crippen LogP contribution in [0.15, 0.2) is 41.8 Å². The van der Waals surface area contributed by atoms with Gasteiger partial charge in [-0.2, -0.15) is 0 Å². The van der Waals surface area contributed by atoms with Crippen molar-refractivity contribution < 1.29 is 0 Å². The molecule has 0 amide bonds. The van der Waals surface area contributed by atoms with Crippen molar-refractivity contribution in [2.45, 2.75) is 52.5 Å². The third-order valence-corrected chi connectivity index (χ3v) is 8.31. The van der Waals surface area contributed by atoms with Gasteiger partial charge in [-0.1, -0.05) is 38.0 Å². The van der Waals surface area contributed by atoms with Gasteiger partial charge in [-0.25, -0.2) is 9.97 Å². The van der Waals surface area contributed by atoms with E-state index in [0.29, 0.717) is 0 Å². The van der Waals surface area contributed by atoms with Gasteiger partial charge >= 0.3 is 0 Å². The van der Waals surface area contributed by atoms with Gasteiger partial charge in [0.25, 0.3) is 0 Å². The molecule has 0 radical (unpaired) electrons. The molecule has 190 valence electrons. The van der Waals surface area contributed by atoms with Crippen LogP contribution < -0.4 is 10.2 Å². The highest BCUT2D eigenvalue weighted by Gasteiger charge is 2.23. The van der Waals surface area contributed by atoms with Crippen molar-refractivity contribution in [1.29, 1.82) is 0 Å². The highest BCUT2D eigenvalue weighted by molar-refractivity contribution is 7.09. The minimum Gasteiger partial charge on any atom is -0.362 e. The highest BCUT2D eigenvalue weighted by atomic mass is 32.1. The van der Waals surface area contributed by atoms with Crippen molar-refractivity contribution in [1.82, 2.24) is 20.2 Å². The number of nitrogens with zero attached hydrogens (tertiary/aromatic N) is 4. The molecule has 1 unspecified atom stereocenters. The minimum atomic E-state index is 0.812. The summed E-state index contributed by atoms with van der Waals surface area (Å²) in [4.78, 5) is 14.9. The third-order valence-electron chi connectivity index (χ3n) is 7.45. The maximum Gasteiger partial charge on any atom is 0.139 e. The molecule has 1 aliphatic heterocycles. The number of benzene rings is 1. The Morgan fingerprint density at radius 1 is 0.971 bits per heavy atom. The topological polar surface area (TPSA) is 44.3 Å². The SMILES string of the molecule is CC1CCC(CNCC2CCN(Cc3cccs3)C2)CC1.Cc1nc(N(C)C)c2ccccc2n1. The number of likely N-dealkylation sites (tertiary alicyclic amines) is 1. The van der Waals surface area contributed by atoms with Gasteiger partial charge in [0.15, 0.2) is 0 Å². The van der Waals surface area contributed by atoms with Gasteiger partial charge in [-0.3, -0.25) is 4.90 Å². The van der Waals surface area contributed by atoms with E-state index in [1.54, 1.807) is 0 Å². The van der Waals surface area contributed by atoms with Gasteiger partial charge in [0.1, 0.15) is 11.6 Å². The molecule has 0 spiro atoms. The van der Waals surface area contributed by atoms with E-state index >= 15 is 0 Å². The van der Waals surface area contributed by atoms with E-state index in [4.69, 9.17) is 0 Å². The summed E-state index contributed by atoms with van der Waals surface area (Å²) in [7, 11) is 3.99.